The Balaban J connectivity index is 1.57. The van der Waals surface area contributed by atoms with Crippen molar-refractivity contribution in [2.24, 2.45) is 11.7 Å². The van der Waals surface area contributed by atoms with Crippen molar-refractivity contribution in [1.82, 2.24) is 14.7 Å². The van der Waals surface area contributed by atoms with Crippen LogP contribution in [-0.2, 0) is 0 Å². The first-order valence-electron chi connectivity index (χ1n) is 7.61. The van der Waals surface area contributed by atoms with Gasteiger partial charge in [-0.3, -0.25) is 4.90 Å². The van der Waals surface area contributed by atoms with Crippen molar-refractivity contribution >= 4 is 0 Å². The average Bonchev–Trinajstić information content (AvgIpc) is 2.40. The first-order chi connectivity index (χ1) is 8.78. The van der Waals surface area contributed by atoms with Crippen molar-refractivity contribution in [3.05, 3.63) is 0 Å². The summed E-state index contributed by atoms with van der Waals surface area (Å²) < 4.78 is 0. The summed E-state index contributed by atoms with van der Waals surface area (Å²) in [5.74, 6) is 0.898. The fraction of sp³-hybridized carbons (Fsp3) is 1.00. The lowest BCUT2D eigenvalue weighted by Crippen LogP contribution is -2.47. The lowest BCUT2D eigenvalue weighted by molar-refractivity contribution is 0.119. The summed E-state index contributed by atoms with van der Waals surface area (Å²) in [4.78, 5) is 7.69. The third-order valence-corrected chi connectivity index (χ3v) is 4.61. The van der Waals surface area contributed by atoms with Gasteiger partial charge in [0.1, 0.15) is 0 Å². The Bertz CT molecular complexity index is 218. The molecule has 0 bridgehead atoms. The second-order valence-corrected chi connectivity index (χ2v) is 6.01. The number of hydrogen-bond donors (Lipinski definition) is 1. The van der Waals surface area contributed by atoms with Crippen LogP contribution in [0.1, 0.15) is 19.3 Å². The highest BCUT2D eigenvalue weighted by Crippen LogP contribution is 2.19. The Labute approximate surface area is 112 Å². The van der Waals surface area contributed by atoms with Crippen molar-refractivity contribution in [2.75, 3.05) is 66.0 Å². The molecule has 106 valence electrons. The molecule has 0 aromatic heterocycles. The zero-order chi connectivity index (χ0) is 12.8. The van der Waals surface area contributed by atoms with Gasteiger partial charge in [-0.15, -0.1) is 0 Å². The number of likely N-dealkylation sites (tertiary alicyclic amines) is 1. The number of rotatable bonds is 5. The van der Waals surface area contributed by atoms with Gasteiger partial charge >= 0.3 is 0 Å². The van der Waals surface area contributed by atoms with E-state index in [0.29, 0.717) is 0 Å². The van der Waals surface area contributed by atoms with E-state index in [1.54, 1.807) is 0 Å². The van der Waals surface area contributed by atoms with Crippen LogP contribution >= 0.6 is 0 Å². The molecule has 0 amide bonds. The lowest BCUT2D eigenvalue weighted by Gasteiger charge is -2.36. The molecule has 4 nitrogen and oxygen atoms in total. The lowest BCUT2D eigenvalue weighted by atomic mass is 9.94. The zero-order valence-corrected chi connectivity index (χ0v) is 12.0. The third-order valence-electron chi connectivity index (χ3n) is 4.61. The molecule has 0 aromatic rings. The Hall–Kier alpha value is -0.160. The van der Waals surface area contributed by atoms with E-state index in [9.17, 15) is 0 Å². The number of nitrogens with zero attached hydrogens (tertiary/aromatic N) is 3. The number of piperazine rings is 1. The van der Waals surface area contributed by atoms with Gasteiger partial charge in [-0.25, -0.2) is 0 Å². The topological polar surface area (TPSA) is 35.7 Å². The van der Waals surface area contributed by atoms with E-state index >= 15 is 0 Å². The Morgan fingerprint density at radius 1 is 0.889 bits per heavy atom. The van der Waals surface area contributed by atoms with Gasteiger partial charge in [0, 0.05) is 39.3 Å². The Morgan fingerprint density at radius 3 is 2.00 bits per heavy atom. The molecule has 0 spiro atoms. The Kier molecular flexibility index (Phi) is 5.89. The molecular formula is C14H30N4. The van der Waals surface area contributed by atoms with E-state index < -0.39 is 0 Å². The summed E-state index contributed by atoms with van der Waals surface area (Å²) in [5.41, 5.74) is 5.64. The third kappa shape index (κ3) is 4.50. The van der Waals surface area contributed by atoms with Crippen LogP contribution in [0.4, 0.5) is 0 Å². The maximum Gasteiger partial charge on any atom is 0.0110 e. The Morgan fingerprint density at radius 2 is 1.44 bits per heavy atom. The van der Waals surface area contributed by atoms with Gasteiger partial charge in [0.05, 0.1) is 0 Å². The second kappa shape index (κ2) is 7.43. The number of hydrogen-bond acceptors (Lipinski definition) is 4. The van der Waals surface area contributed by atoms with Gasteiger partial charge in [0.15, 0.2) is 0 Å². The van der Waals surface area contributed by atoms with E-state index in [-0.39, 0.29) is 0 Å². The van der Waals surface area contributed by atoms with Gasteiger partial charge < -0.3 is 15.5 Å². The highest BCUT2D eigenvalue weighted by atomic mass is 15.3. The quantitative estimate of drug-likeness (QED) is 0.765. The minimum atomic E-state index is 0.867. The number of piperidine rings is 1. The molecule has 0 unspecified atom stereocenters. The molecule has 2 N–H and O–H groups in total. The smallest absolute Gasteiger partial charge is 0.0110 e. The average molecular weight is 254 g/mol. The summed E-state index contributed by atoms with van der Waals surface area (Å²) in [7, 11) is 2.22. The van der Waals surface area contributed by atoms with Gasteiger partial charge in [-0.2, -0.15) is 0 Å². The zero-order valence-electron chi connectivity index (χ0n) is 12.0. The first kappa shape index (κ1) is 14.3. The highest BCUT2D eigenvalue weighted by molar-refractivity contribution is 4.75. The highest BCUT2D eigenvalue weighted by Gasteiger charge is 2.19. The molecule has 2 fully saturated rings. The first-order valence-corrected chi connectivity index (χ1v) is 7.61. The van der Waals surface area contributed by atoms with Crippen LogP contribution in [0.25, 0.3) is 0 Å². The summed E-state index contributed by atoms with van der Waals surface area (Å²) in [6.45, 7) is 10.9. The predicted octanol–water partition coefficient (Wildman–Crippen LogP) is 0.295. The van der Waals surface area contributed by atoms with Crippen LogP contribution in [-0.4, -0.2) is 80.7 Å². The maximum atomic E-state index is 5.64. The molecule has 2 saturated heterocycles. The molecule has 0 aliphatic carbocycles. The fourth-order valence-corrected chi connectivity index (χ4v) is 3.09. The molecule has 2 heterocycles. The van der Waals surface area contributed by atoms with Crippen molar-refractivity contribution in [2.45, 2.75) is 19.3 Å². The molecule has 18 heavy (non-hydrogen) atoms. The SMILES string of the molecule is CN1CCN(CCN2CCC(CCN)CC2)CC1. The largest absolute Gasteiger partial charge is 0.330 e. The van der Waals surface area contributed by atoms with E-state index in [1.165, 1.54) is 71.6 Å². The predicted molar refractivity (Wildman–Crippen MR) is 76.8 cm³/mol. The van der Waals surface area contributed by atoms with Crippen LogP contribution < -0.4 is 5.73 Å². The van der Waals surface area contributed by atoms with Gasteiger partial charge in [-0.05, 0) is 51.9 Å². The number of likely N-dealkylation sites (N-methyl/N-ethyl adjacent to an activating group) is 1. The van der Waals surface area contributed by atoms with Crippen LogP contribution in [0.3, 0.4) is 0 Å². The minimum Gasteiger partial charge on any atom is -0.330 e. The molecule has 2 aliphatic heterocycles. The van der Waals surface area contributed by atoms with E-state index in [1.807, 2.05) is 0 Å². The normalized spacial score (nSPS) is 25.7. The summed E-state index contributed by atoms with van der Waals surface area (Å²) in [6, 6.07) is 0. The molecular weight excluding hydrogens is 224 g/mol. The molecule has 0 aromatic carbocycles. The summed E-state index contributed by atoms with van der Waals surface area (Å²) >= 11 is 0. The van der Waals surface area contributed by atoms with E-state index in [0.717, 1.165) is 12.5 Å². The van der Waals surface area contributed by atoms with Crippen molar-refractivity contribution in [1.29, 1.82) is 0 Å². The van der Waals surface area contributed by atoms with Crippen LogP contribution in [0, 0.1) is 5.92 Å². The van der Waals surface area contributed by atoms with Crippen LogP contribution in [0.2, 0.25) is 0 Å². The molecule has 2 rings (SSSR count). The fourth-order valence-electron chi connectivity index (χ4n) is 3.09. The van der Waals surface area contributed by atoms with Gasteiger partial charge in [-0.1, -0.05) is 0 Å². The summed E-state index contributed by atoms with van der Waals surface area (Å²) in [5, 5.41) is 0. The van der Waals surface area contributed by atoms with Gasteiger partial charge in [0.25, 0.3) is 0 Å². The monoisotopic (exact) mass is 254 g/mol. The van der Waals surface area contributed by atoms with Crippen molar-refractivity contribution < 1.29 is 0 Å². The maximum absolute atomic E-state index is 5.64. The molecule has 4 heteroatoms. The van der Waals surface area contributed by atoms with Crippen molar-refractivity contribution in [3.63, 3.8) is 0 Å². The van der Waals surface area contributed by atoms with E-state index in [4.69, 9.17) is 5.73 Å². The minimum absolute atomic E-state index is 0.867. The van der Waals surface area contributed by atoms with E-state index in [2.05, 4.69) is 21.7 Å². The molecule has 0 atom stereocenters. The van der Waals surface area contributed by atoms with Crippen LogP contribution in [0.15, 0.2) is 0 Å². The molecule has 0 radical (unpaired) electrons. The van der Waals surface area contributed by atoms with Gasteiger partial charge in [0.2, 0.25) is 0 Å². The number of nitrogens with two attached hydrogens (primary N) is 1. The van der Waals surface area contributed by atoms with Crippen molar-refractivity contribution in [3.8, 4) is 0 Å². The second-order valence-electron chi connectivity index (χ2n) is 6.01. The van der Waals surface area contributed by atoms with Crippen LogP contribution in [0.5, 0.6) is 0 Å². The standard InChI is InChI=1S/C14H30N4/c1-16-8-10-18(11-9-16)13-12-17-6-3-14(2-5-15)4-7-17/h14H,2-13,15H2,1H3. The molecule has 0 saturated carbocycles. The summed E-state index contributed by atoms with van der Waals surface area (Å²) in [6.07, 6.45) is 3.95. The molecule has 2 aliphatic rings.